The predicted octanol–water partition coefficient (Wildman–Crippen LogP) is 3.43. The second kappa shape index (κ2) is 4.35. The molecule has 0 radical (unpaired) electrons. The van der Waals surface area contributed by atoms with Crippen LogP contribution in [0.2, 0.25) is 0 Å². The van der Waals surface area contributed by atoms with Crippen molar-refractivity contribution in [2.24, 2.45) is 0 Å². The standard InChI is InChI=1S/C16H14N2O/c1-11-4-3-5-15(12(11)2)13-6-7-16-17-8-14(10-19)18(16)9-13/h3-10H,1-2H3. The number of rotatable bonds is 2. The highest BCUT2D eigenvalue weighted by Crippen LogP contribution is 2.25. The largest absolute Gasteiger partial charge is 0.297 e. The first kappa shape index (κ1) is 11.7. The summed E-state index contributed by atoms with van der Waals surface area (Å²) in [6.07, 6.45) is 4.38. The van der Waals surface area contributed by atoms with E-state index in [1.807, 2.05) is 22.7 Å². The average molecular weight is 250 g/mol. The number of aromatic nitrogens is 2. The van der Waals surface area contributed by atoms with E-state index in [4.69, 9.17) is 0 Å². The van der Waals surface area contributed by atoms with E-state index in [2.05, 4.69) is 37.0 Å². The predicted molar refractivity (Wildman–Crippen MR) is 75.5 cm³/mol. The molecule has 0 aliphatic carbocycles. The van der Waals surface area contributed by atoms with Gasteiger partial charge in [-0.3, -0.25) is 9.20 Å². The van der Waals surface area contributed by atoms with Crippen LogP contribution in [-0.4, -0.2) is 15.7 Å². The molecule has 0 amide bonds. The maximum absolute atomic E-state index is 11.0. The molecule has 2 aromatic heterocycles. The van der Waals surface area contributed by atoms with Crippen LogP contribution in [0.4, 0.5) is 0 Å². The van der Waals surface area contributed by atoms with Gasteiger partial charge < -0.3 is 0 Å². The second-order valence-corrected chi connectivity index (χ2v) is 4.69. The number of aryl methyl sites for hydroxylation is 1. The maximum atomic E-state index is 11.0. The van der Waals surface area contributed by atoms with Crippen molar-refractivity contribution in [1.29, 1.82) is 0 Å². The van der Waals surface area contributed by atoms with Crippen LogP contribution in [0.15, 0.2) is 42.7 Å². The minimum atomic E-state index is 0.571. The summed E-state index contributed by atoms with van der Waals surface area (Å²) in [5, 5.41) is 0. The fourth-order valence-electron chi connectivity index (χ4n) is 2.31. The van der Waals surface area contributed by atoms with E-state index < -0.39 is 0 Å². The van der Waals surface area contributed by atoms with Gasteiger partial charge in [-0.2, -0.15) is 0 Å². The molecule has 0 N–H and O–H groups in total. The first-order valence-electron chi connectivity index (χ1n) is 6.19. The van der Waals surface area contributed by atoms with Crippen LogP contribution in [0.25, 0.3) is 16.8 Å². The normalized spacial score (nSPS) is 10.8. The molecule has 94 valence electrons. The van der Waals surface area contributed by atoms with E-state index in [0.29, 0.717) is 5.69 Å². The SMILES string of the molecule is Cc1cccc(-c2ccc3ncc(C=O)n3c2)c1C. The van der Waals surface area contributed by atoms with Crippen molar-refractivity contribution in [1.82, 2.24) is 9.38 Å². The van der Waals surface area contributed by atoms with Crippen LogP contribution in [0.3, 0.4) is 0 Å². The molecule has 19 heavy (non-hydrogen) atoms. The van der Waals surface area contributed by atoms with Crippen molar-refractivity contribution in [2.75, 3.05) is 0 Å². The molecule has 0 unspecified atom stereocenters. The van der Waals surface area contributed by atoms with Crippen molar-refractivity contribution in [3.63, 3.8) is 0 Å². The third-order valence-electron chi connectivity index (χ3n) is 3.57. The molecule has 0 bridgehead atoms. The fraction of sp³-hybridized carbons (Fsp3) is 0.125. The number of carbonyl (C=O) groups is 1. The first-order chi connectivity index (χ1) is 9.20. The van der Waals surface area contributed by atoms with Gasteiger partial charge in [0.2, 0.25) is 0 Å². The van der Waals surface area contributed by atoms with Gasteiger partial charge in [0.25, 0.3) is 0 Å². The lowest BCUT2D eigenvalue weighted by Gasteiger charge is -2.09. The number of imidazole rings is 1. The van der Waals surface area contributed by atoms with Crippen molar-refractivity contribution < 1.29 is 4.79 Å². The smallest absolute Gasteiger partial charge is 0.168 e. The van der Waals surface area contributed by atoms with Crippen LogP contribution >= 0.6 is 0 Å². The Morgan fingerprint density at radius 3 is 2.79 bits per heavy atom. The summed E-state index contributed by atoms with van der Waals surface area (Å²) < 4.78 is 1.82. The molecular weight excluding hydrogens is 236 g/mol. The lowest BCUT2D eigenvalue weighted by molar-refractivity contribution is 0.111. The summed E-state index contributed by atoms with van der Waals surface area (Å²) in [7, 11) is 0. The van der Waals surface area contributed by atoms with Crippen LogP contribution in [0.1, 0.15) is 21.6 Å². The van der Waals surface area contributed by atoms with Gasteiger partial charge in [0.1, 0.15) is 11.3 Å². The zero-order valence-electron chi connectivity index (χ0n) is 10.9. The third kappa shape index (κ3) is 1.83. The topological polar surface area (TPSA) is 34.4 Å². The van der Waals surface area contributed by atoms with Crippen molar-refractivity contribution >= 4 is 11.9 Å². The fourth-order valence-corrected chi connectivity index (χ4v) is 2.31. The van der Waals surface area contributed by atoms with E-state index in [1.54, 1.807) is 6.20 Å². The minimum absolute atomic E-state index is 0.571. The highest BCUT2D eigenvalue weighted by Gasteiger charge is 2.07. The van der Waals surface area contributed by atoms with E-state index in [-0.39, 0.29) is 0 Å². The summed E-state index contributed by atoms with van der Waals surface area (Å²) in [4.78, 5) is 15.2. The maximum Gasteiger partial charge on any atom is 0.168 e. The van der Waals surface area contributed by atoms with E-state index in [9.17, 15) is 4.79 Å². The van der Waals surface area contributed by atoms with Gasteiger partial charge in [0, 0.05) is 6.20 Å². The van der Waals surface area contributed by atoms with Gasteiger partial charge in [-0.05, 0) is 48.2 Å². The Labute approximate surface area is 111 Å². The number of carbonyl (C=O) groups excluding carboxylic acids is 1. The van der Waals surface area contributed by atoms with E-state index in [1.165, 1.54) is 16.7 Å². The third-order valence-corrected chi connectivity index (χ3v) is 3.57. The number of hydrogen-bond donors (Lipinski definition) is 0. The monoisotopic (exact) mass is 250 g/mol. The molecule has 2 heterocycles. The summed E-state index contributed by atoms with van der Waals surface area (Å²) >= 11 is 0. The Morgan fingerprint density at radius 2 is 2.00 bits per heavy atom. The van der Waals surface area contributed by atoms with Gasteiger partial charge in [0.05, 0.1) is 6.20 Å². The lowest BCUT2D eigenvalue weighted by atomic mass is 9.98. The van der Waals surface area contributed by atoms with Gasteiger partial charge in [-0.1, -0.05) is 18.2 Å². The molecule has 0 aliphatic heterocycles. The number of benzene rings is 1. The molecular formula is C16H14N2O. The average Bonchev–Trinajstić information content (AvgIpc) is 2.84. The molecule has 0 atom stereocenters. The van der Waals surface area contributed by atoms with Crippen molar-refractivity contribution in [3.8, 4) is 11.1 Å². The van der Waals surface area contributed by atoms with Gasteiger partial charge in [-0.15, -0.1) is 0 Å². The molecule has 3 rings (SSSR count). The van der Waals surface area contributed by atoms with Gasteiger partial charge in [0.15, 0.2) is 6.29 Å². The highest BCUT2D eigenvalue weighted by molar-refractivity contribution is 5.76. The lowest BCUT2D eigenvalue weighted by Crippen LogP contribution is -1.93. The quantitative estimate of drug-likeness (QED) is 0.653. The molecule has 0 aliphatic rings. The molecule has 3 aromatic rings. The molecule has 3 nitrogen and oxygen atoms in total. The Bertz CT molecular complexity index is 772. The number of fused-ring (bicyclic) bond motifs is 1. The number of pyridine rings is 1. The Kier molecular flexibility index (Phi) is 2.67. The van der Waals surface area contributed by atoms with E-state index in [0.717, 1.165) is 17.5 Å². The highest BCUT2D eigenvalue weighted by atomic mass is 16.1. The zero-order chi connectivity index (χ0) is 13.4. The van der Waals surface area contributed by atoms with Crippen LogP contribution in [-0.2, 0) is 0 Å². The van der Waals surface area contributed by atoms with Crippen molar-refractivity contribution in [2.45, 2.75) is 13.8 Å². The Balaban J connectivity index is 2.25. The van der Waals surface area contributed by atoms with E-state index >= 15 is 0 Å². The molecule has 3 heteroatoms. The number of hydrogen-bond acceptors (Lipinski definition) is 2. The van der Waals surface area contributed by atoms with Crippen LogP contribution < -0.4 is 0 Å². The van der Waals surface area contributed by atoms with Crippen LogP contribution in [0, 0.1) is 13.8 Å². The summed E-state index contributed by atoms with van der Waals surface area (Å²) in [5.41, 5.74) is 6.16. The first-order valence-corrected chi connectivity index (χ1v) is 6.19. The minimum Gasteiger partial charge on any atom is -0.297 e. The van der Waals surface area contributed by atoms with Gasteiger partial charge >= 0.3 is 0 Å². The molecule has 0 spiro atoms. The zero-order valence-corrected chi connectivity index (χ0v) is 10.9. The second-order valence-electron chi connectivity index (χ2n) is 4.69. The Morgan fingerprint density at radius 1 is 1.16 bits per heavy atom. The molecule has 1 aromatic carbocycles. The summed E-state index contributed by atoms with van der Waals surface area (Å²) in [6.45, 7) is 4.22. The molecule has 0 saturated carbocycles. The molecule has 0 saturated heterocycles. The Hall–Kier alpha value is -2.42. The summed E-state index contributed by atoms with van der Waals surface area (Å²) in [6, 6.07) is 10.2. The van der Waals surface area contributed by atoms with Gasteiger partial charge in [-0.25, -0.2) is 4.98 Å². The molecule has 0 fully saturated rings. The summed E-state index contributed by atoms with van der Waals surface area (Å²) in [5.74, 6) is 0. The van der Waals surface area contributed by atoms with Crippen LogP contribution in [0.5, 0.6) is 0 Å². The number of aldehydes is 1. The van der Waals surface area contributed by atoms with Crippen molar-refractivity contribution in [3.05, 3.63) is 59.5 Å². The number of nitrogens with zero attached hydrogens (tertiary/aromatic N) is 2.